The van der Waals surface area contributed by atoms with Crippen LogP contribution in [0.2, 0.25) is 0 Å². The van der Waals surface area contributed by atoms with Crippen LogP contribution in [0.25, 0.3) is 11.5 Å². The Hall–Kier alpha value is -2.61. The second kappa shape index (κ2) is 6.88. The smallest absolute Gasteiger partial charge is 0.267 e. The van der Waals surface area contributed by atoms with Crippen LogP contribution in [0.15, 0.2) is 51.7 Å². The first-order valence-electron chi connectivity index (χ1n) is 7.21. The number of benzene rings is 1. The fraction of sp³-hybridized carbons (Fsp3) is 0.188. The highest BCUT2D eigenvalue weighted by Gasteiger charge is 2.19. The molecule has 0 saturated carbocycles. The number of hydrogen-bond acceptors (Lipinski definition) is 5. The normalized spacial score (nSPS) is 12.0. The molecule has 24 heavy (non-hydrogen) atoms. The number of carbonyl (C=O) groups excluding carboxylic acids is 1. The molecule has 0 aliphatic carbocycles. The summed E-state index contributed by atoms with van der Waals surface area (Å²) in [5, 5.41) is 6.55. The van der Waals surface area contributed by atoms with Crippen LogP contribution < -0.4 is 10.1 Å². The molecule has 0 unspecified atom stereocenters. The van der Waals surface area contributed by atoms with Gasteiger partial charge in [-0.15, -0.1) is 0 Å². The molecule has 0 radical (unpaired) electrons. The molecule has 3 rings (SSSR count). The standard InChI is InChI=1S/C16H15BrN4O3/c1-10(23-13-6-4-3-5-11(13)17)16(22)19-14-9-12(20-24-14)15-18-7-8-21(15)2/h3-10H,1-2H3,(H,19,22)/t10-/m1/s1. The summed E-state index contributed by atoms with van der Waals surface area (Å²) in [7, 11) is 1.85. The van der Waals surface area contributed by atoms with E-state index in [0.29, 0.717) is 17.3 Å². The number of para-hydroxylation sites is 1. The number of ether oxygens (including phenoxy) is 1. The SMILES string of the molecule is C[C@@H](Oc1ccccc1Br)C(=O)Nc1cc(-c2nccn2C)no1. The number of carbonyl (C=O) groups is 1. The van der Waals surface area contributed by atoms with Gasteiger partial charge < -0.3 is 13.8 Å². The average molecular weight is 391 g/mol. The number of amides is 1. The van der Waals surface area contributed by atoms with Gasteiger partial charge in [0.15, 0.2) is 17.6 Å². The molecule has 124 valence electrons. The summed E-state index contributed by atoms with van der Waals surface area (Å²) in [5.41, 5.74) is 0.539. The van der Waals surface area contributed by atoms with Crippen LogP contribution in [0, 0.1) is 0 Å². The molecule has 1 aromatic carbocycles. The fourth-order valence-corrected chi connectivity index (χ4v) is 2.44. The van der Waals surface area contributed by atoms with Crippen molar-refractivity contribution >= 4 is 27.7 Å². The van der Waals surface area contributed by atoms with Gasteiger partial charge in [0.1, 0.15) is 5.75 Å². The topological polar surface area (TPSA) is 82.2 Å². The Morgan fingerprint density at radius 1 is 1.42 bits per heavy atom. The van der Waals surface area contributed by atoms with Crippen molar-refractivity contribution in [2.45, 2.75) is 13.0 Å². The summed E-state index contributed by atoms with van der Waals surface area (Å²) in [5.74, 6) is 1.14. The molecule has 0 aliphatic heterocycles. The van der Waals surface area contributed by atoms with Crippen molar-refractivity contribution in [1.82, 2.24) is 14.7 Å². The first kappa shape index (κ1) is 16.3. The van der Waals surface area contributed by atoms with E-state index in [1.165, 1.54) is 0 Å². The van der Waals surface area contributed by atoms with Crippen LogP contribution in [0.5, 0.6) is 5.75 Å². The van der Waals surface area contributed by atoms with Gasteiger partial charge in [0.2, 0.25) is 5.88 Å². The molecular weight excluding hydrogens is 376 g/mol. The molecule has 3 aromatic rings. The number of halogens is 1. The van der Waals surface area contributed by atoms with Crippen molar-refractivity contribution in [3.05, 3.63) is 47.2 Å². The number of rotatable bonds is 5. The number of anilines is 1. The Morgan fingerprint density at radius 3 is 2.92 bits per heavy atom. The third-order valence-corrected chi connectivity index (χ3v) is 3.97. The molecule has 0 aliphatic rings. The van der Waals surface area contributed by atoms with Gasteiger partial charge >= 0.3 is 0 Å². The lowest BCUT2D eigenvalue weighted by Gasteiger charge is -2.14. The number of imidazole rings is 1. The van der Waals surface area contributed by atoms with E-state index in [1.807, 2.05) is 29.8 Å². The van der Waals surface area contributed by atoms with E-state index < -0.39 is 6.10 Å². The minimum atomic E-state index is -0.703. The number of hydrogen-bond donors (Lipinski definition) is 1. The van der Waals surface area contributed by atoms with Crippen LogP contribution in [-0.4, -0.2) is 26.7 Å². The first-order chi connectivity index (χ1) is 11.5. The van der Waals surface area contributed by atoms with Gasteiger partial charge in [0, 0.05) is 25.5 Å². The largest absolute Gasteiger partial charge is 0.480 e. The summed E-state index contributed by atoms with van der Waals surface area (Å²) >= 11 is 3.38. The minimum Gasteiger partial charge on any atom is -0.480 e. The fourth-order valence-electron chi connectivity index (χ4n) is 2.06. The van der Waals surface area contributed by atoms with Crippen molar-refractivity contribution in [2.75, 3.05) is 5.32 Å². The number of aryl methyl sites for hydroxylation is 1. The number of aromatic nitrogens is 3. The second-order valence-corrected chi connectivity index (χ2v) is 5.97. The van der Waals surface area contributed by atoms with Crippen molar-refractivity contribution in [2.24, 2.45) is 7.05 Å². The van der Waals surface area contributed by atoms with Gasteiger partial charge in [-0.05, 0) is 35.0 Å². The highest BCUT2D eigenvalue weighted by molar-refractivity contribution is 9.10. The minimum absolute atomic E-state index is 0.237. The summed E-state index contributed by atoms with van der Waals surface area (Å²) in [6.07, 6.45) is 2.76. The molecule has 1 amide bonds. The second-order valence-electron chi connectivity index (χ2n) is 5.12. The van der Waals surface area contributed by atoms with Gasteiger partial charge in [-0.25, -0.2) is 4.98 Å². The summed E-state index contributed by atoms with van der Waals surface area (Å²) in [6.45, 7) is 1.66. The molecule has 2 heterocycles. The summed E-state index contributed by atoms with van der Waals surface area (Å²) in [4.78, 5) is 16.4. The monoisotopic (exact) mass is 390 g/mol. The van der Waals surface area contributed by atoms with Crippen molar-refractivity contribution in [3.63, 3.8) is 0 Å². The molecule has 8 heteroatoms. The average Bonchev–Trinajstić information content (AvgIpc) is 3.18. The van der Waals surface area contributed by atoms with E-state index in [1.54, 1.807) is 31.5 Å². The predicted molar refractivity (Wildman–Crippen MR) is 91.6 cm³/mol. The molecule has 1 N–H and O–H groups in total. The molecule has 1 atom stereocenters. The summed E-state index contributed by atoms with van der Waals surface area (Å²) in [6, 6.07) is 8.94. The van der Waals surface area contributed by atoms with Crippen molar-refractivity contribution in [1.29, 1.82) is 0 Å². The lowest BCUT2D eigenvalue weighted by molar-refractivity contribution is -0.122. The molecule has 0 saturated heterocycles. The highest BCUT2D eigenvalue weighted by atomic mass is 79.9. The maximum atomic E-state index is 12.2. The maximum Gasteiger partial charge on any atom is 0.267 e. The zero-order valence-electron chi connectivity index (χ0n) is 13.1. The molecular formula is C16H15BrN4O3. The van der Waals surface area contributed by atoms with Crippen molar-refractivity contribution < 1.29 is 14.1 Å². The van der Waals surface area contributed by atoms with Crippen LogP contribution in [0.1, 0.15) is 6.92 Å². The highest BCUT2D eigenvalue weighted by Crippen LogP contribution is 2.25. The zero-order chi connectivity index (χ0) is 17.1. The Bertz CT molecular complexity index is 858. The van der Waals surface area contributed by atoms with E-state index in [4.69, 9.17) is 9.26 Å². The van der Waals surface area contributed by atoms with Gasteiger partial charge in [-0.2, -0.15) is 0 Å². The van der Waals surface area contributed by atoms with Gasteiger partial charge in [0.25, 0.3) is 5.91 Å². The van der Waals surface area contributed by atoms with Crippen molar-refractivity contribution in [3.8, 4) is 17.3 Å². The van der Waals surface area contributed by atoms with Crippen LogP contribution in [0.3, 0.4) is 0 Å². The maximum absolute atomic E-state index is 12.2. The van der Waals surface area contributed by atoms with Crippen LogP contribution >= 0.6 is 15.9 Å². The van der Waals surface area contributed by atoms with Gasteiger partial charge in [-0.3, -0.25) is 10.1 Å². The number of nitrogens with one attached hydrogen (secondary N) is 1. The molecule has 0 fully saturated rings. The Labute approximate surface area is 146 Å². The lowest BCUT2D eigenvalue weighted by atomic mass is 10.3. The third kappa shape index (κ3) is 3.48. The van der Waals surface area contributed by atoms with Crippen LogP contribution in [-0.2, 0) is 11.8 Å². The molecule has 7 nitrogen and oxygen atoms in total. The van der Waals surface area contributed by atoms with E-state index >= 15 is 0 Å². The quantitative estimate of drug-likeness (QED) is 0.722. The van der Waals surface area contributed by atoms with Gasteiger partial charge in [0.05, 0.1) is 4.47 Å². The molecule has 2 aromatic heterocycles. The summed E-state index contributed by atoms with van der Waals surface area (Å²) < 4.78 is 13.4. The third-order valence-electron chi connectivity index (χ3n) is 3.32. The molecule has 0 spiro atoms. The first-order valence-corrected chi connectivity index (χ1v) is 8.00. The van der Waals surface area contributed by atoms with E-state index in [-0.39, 0.29) is 11.8 Å². The number of nitrogens with zero attached hydrogens (tertiary/aromatic N) is 3. The zero-order valence-corrected chi connectivity index (χ0v) is 14.6. The molecule has 0 bridgehead atoms. The van der Waals surface area contributed by atoms with E-state index in [2.05, 4.69) is 31.4 Å². The Balaban J connectivity index is 1.66. The van der Waals surface area contributed by atoms with E-state index in [9.17, 15) is 4.79 Å². The van der Waals surface area contributed by atoms with Crippen LogP contribution in [0.4, 0.5) is 5.88 Å². The Morgan fingerprint density at radius 2 is 2.21 bits per heavy atom. The van der Waals surface area contributed by atoms with E-state index in [0.717, 1.165) is 4.47 Å². The lowest BCUT2D eigenvalue weighted by Crippen LogP contribution is -2.30. The van der Waals surface area contributed by atoms with Gasteiger partial charge in [-0.1, -0.05) is 17.3 Å². The Kier molecular flexibility index (Phi) is 4.66. The predicted octanol–water partition coefficient (Wildman–Crippen LogP) is 3.24.